The third-order valence-electron chi connectivity index (χ3n) is 5.27. The molecule has 2 rings (SSSR count). The Labute approximate surface area is 193 Å². The molecule has 29 heavy (non-hydrogen) atoms. The summed E-state index contributed by atoms with van der Waals surface area (Å²) in [7, 11) is 5.78. The molecule has 0 bridgehead atoms. The van der Waals surface area contributed by atoms with Gasteiger partial charge in [0.15, 0.2) is 5.96 Å². The fourth-order valence-electron chi connectivity index (χ4n) is 3.62. The van der Waals surface area contributed by atoms with Gasteiger partial charge in [-0.1, -0.05) is 37.8 Å². The number of hydrogen-bond acceptors (Lipinski definition) is 3. The summed E-state index contributed by atoms with van der Waals surface area (Å²) in [6.07, 6.45) is 8.14. The zero-order valence-corrected chi connectivity index (χ0v) is 20.5. The van der Waals surface area contributed by atoms with Crippen molar-refractivity contribution < 1.29 is 4.79 Å². The first kappa shape index (κ1) is 25.7. The Balaban J connectivity index is 0.00000420. The zero-order chi connectivity index (χ0) is 20.2. The Morgan fingerprint density at radius 3 is 2.59 bits per heavy atom. The highest BCUT2D eigenvalue weighted by atomic mass is 127. The van der Waals surface area contributed by atoms with E-state index in [1.165, 1.54) is 38.5 Å². The molecular weight excluding hydrogens is 477 g/mol. The summed E-state index contributed by atoms with van der Waals surface area (Å²) in [4.78, 5) is 18.6. The molecule has 0 spiro atoms. The Kier molecular flexibility index (Phi) is 12.9. The molecule has 164 valence electrons. The van der Waals surface area contributed by atoms with Gasteiger partial charge in [0, 0.05) is 38.8 Å². The van der Waals surface area contributed by atoms with Gasteiger partial charge < -0.3 is 20.9 Å². The molecule has 6 nitrogen and oxygen atoms in total. The van der Waals surface area contributed by atoms with Gasteiger partial charge in [-0.2, -0.15) is 0 Å². The maximum Gasteiger partial charge on any atom is 0.251 e. The van der Waals surface area contributed by atoms with Gasteiger partial charge in [-0.15, -0.1) is 24.0 Å². The number of guanidine groups is 1. The average Bonchev–Trinajstić information content (AvgIpc) is 3.21. The summed E-state index contributed by atoms with van der Waals surface area (Å²) in [6, 6.07) is 7.74. The van der Waals surface area contributed by atoms with Gasteiger partial charge in [0.05, 0.1) is 0 Å². The van der Waals surface area contributed by atoms with E-state index in [0.717, 1.165) is 30.5 Å². The molecule has 0 aromatic heterocycles. The molecule has 0 atom stereocenters. The first-order valence-electron chi connectivity index (χ1n) is 10.5. The number of carbonyl (C=O) groups excluding carboxylic acids is 1. The van der Waals surface area contributed by atoms with E-state index in [4.69, 9.17) is 0 Å². The number of amides is 1. The van der Waals surface area contributed by atoms with Crippen molar-refractivity contribution >= 4 is 35.8 Å². The molecular formula is C22H38IN5O. The number of likely N-dealkylation sites (N-methyl/N-ethyl adjacent to an activating group) is 1. The summed E-state index contributed by atoms with van der Waals surface area (Å²) in [5.41, 5.74) is 1.76. The molecule has 0 unspecified atom stereocenters. The first-order valence-corrected chi connectivity index (χ1v) is 10.5. The standard InChI is InChI=1S/C22H37N5O.HI/c1-23-22(25-13-7-11-18-8-4-5-9-18)26-17-19-10-6-12-20(16-19)21(28)24-14-15-27(2)3;/h6,10,12,16,18H,4-5,7-9,11,13-15,17H2,1-3H3,(H,24,28)(H2,23,25,26);1H. The van der Waals surface area contributed by atoms with E-state index in [1.54, 1.807) is 7.05 Å². The molecule has 0 radical (unpaired) electrons. The number of nitrogens with zero attached hydrogens (tertiary/aromatic N) is 2. The lowest BCUT2D eigenvalue weighted by molar-refractivity contribution is 0.0951. The van der Waals surface area contributed by atoms with E-state index in [2.05, 4.69) is 20.9 Å². The van der Waals surface area contributed by atoms with Crippen molar-refractivity contribution in [1.82, 2.24) is 20.9 Å². The van der Waals surface area contributed by atoms with Crippen LogP contribution in [0.1, 0.15) is 54.4 Å². The van der Waals surface area contributed by atoms with Gasteiger partial charge in [0.25, 0.3) is 5.91 Å². The molecule has 1 fully saturated rings. The second-order valence-electron chi connectivity index (χ2n) is 7.90. The monoisotopic (exact) mass is 515 g/mol. The van der Waals surface area contributed by atoms with Crippen LogP contribution in [-0.2, 0) is 6.54 Å². The molecule has 1 aromatic carbocycles. The van der Waals surface area contributed by atoms with Crippen LogP contribution in [0.15, 0.2) is 29.3 Å². The second kappa shape index (κ2) is 14.6. The molecule has 1 aromatic rings. The van der Waals surface area contributed by atoms with Gasteiger partial charge in [-0.05, 0) is 50.6 Å². The van der Waals surface area contributed by atoms with E-state index in [0.29, 0.717) is 18.7 Å². The highest BCUT2D eigenvalue weighted by Crippen LogP contribution is 2.28. The number of carbonyl (C=O) groups is 1. The largest absolute Gasteiger partial charge is 0.356 e. The quantitative estimate of drug-likeness (QED) is 0.194. The van der Waals surface area contributed by atoms with Crippen molar-refractivity contribution in [2.75, 3.05) is 40.8 Å². The topological polar surface area (TPSA) is 68.8 Å². The Morgan fingerprint density at radius 2 is 1.90 bits per heavy atom. The Morgan fingerprint density at radius 1 is 1.14 bits per heavy atom. The molecule has 1 aliphatic rings. The molecule has 1 aliphatic carbocycles. The lowest BCUT2D eigenvalue weighted by atomic mass is 10.0. The number of benzene rings is 1. The predicted molar refractivity (Wildman–Crippen MR) is 132 cm³/mol. The SMILES string of the molecule is CN=C(NCCCC1CCCC1)NCc1cccc(C(=O)NCCN(C)C)c1.I. The van der Waals surface area contributed by atoms with Gasteiger partial charge in [-0.25, -0.2) is 0 Å². The van der Waals surface area contributed by atoms with Crippen LogP contribution in [0, 0.1) is 5.92 Å². The number of halogens is 1. The Hall–Kier alpha value is -1.35. The van der Waals surface area contributed by atoms with Crippen molar-refractivity contribution in [3.63, 3.8) is 0 Å². The summed E-state index contributed by atoms with van der Waals surface area (Å²) < 4.78 is 0. The minimum Gasteiger partial charge on any atom is -0.356 e. The number of nitrogens with one attached hydrogen (secondary N) is 3. The van der Waals surface area contributed by atoms with E-state index < -0.39 is 0 Å². The molecule has 7 heteroatoms. The number of aliphatic imine (C=N–C) groups is 1. The smallest absolute Gasteiger partial charge is 0.251 e. The molecule has 0 aliphatic heterocycles. The molecule has 3 N–H and O–H groups in total. The summed E-state index contributed by atoms with van der Waals surface area (Å²) in [6.45, 7) is 3.06. The molecule has 1 amide bonds. The van der Waals surface area contributed by atoms with E-state index in [9.17, 15) is 4.79 Å². The molecule has 0 saturated heterocycles. The fraction of sp³-hybridized carbons (Fsp3) is 0.636. The number of rotatable bonds is 10. The maximum atomic E-state index is 12.3. The van der Waals surface area contributed by atoms with Crippen molar-refractivity contribution in [3.05, 3.63) is 35.4 Å². The van der Waals surface area contributed by atoms with Crippen LogP contribution in [0.4, 0.5) is 0 Å². The fourth-order valence-corrected chi connectivity index (χ4v) is 3.62. The van der Waals surface area contributed by atoms with Crippen molar-refractivity contribution in [2.45, 2.75) is 45.1 Å². The Bertz CT molecular complexity index is 629. The van der Waals surface area contributed by atoms with Gasteiger partial charge >= 0.3 is 0 Å². The third-order valence-corrected chi connectivity index (χ3v) is 5.27. The summed E-state index contributed by atoms with van der Waals surface area (Å²) in [5, 5.41) is 9.69. The molecule has 0 heterocycles. The minimum absolute atomic E-state index is 0. The van der Waals surface area contributed by atoms with Crippen LogP contribution >= 0.6 is 24.0 Å². The second-order valence-corrected chi connectivity index (χ2v) is 7.90. The van der Waals surface area contributed by atoms with Crippen LogP contribution in [0.5, 0.6) is 0 Å². The van der Waals surface area contributed by atoms with Crippen molar-refractivity contribution in [3.8, 4) is 0 Å². The highest BCUT2D eigenvalue weighted by Gasteiger charge is 2.14. The summed E-state index contributed by atoms with van der Waals surface area (Å²) in [5.74, 6) is 1.72. The van der Waals surface area contributed by atoms with Gasteiger partial charge in [0.2, 0.25) is 0 Å². The minimum atomic E-state index is -0.0295. The lowest BCUT2D eigenvalue weighted by Gasteiger charge is -2.14. The van der Waals surface area contributed by atoms with Crippen LogP contribution in [0.25, 0.3) is 0 Å². The van der Waals surface area contributed by atoms with Crippen LogP contribution in [0.3, 0.4) is 0 Å². The van der Waals surface area contributed by atoms with Crippen LogP contribution in [0.2, 0.25) is 0 Å². The maximum absolute atomic E-state index is 12.3. The zero-order valence-electron chi connectivity index (χ0n) is 18.2. The van der Waals surface area contributed by atoms with E-state index in [1.807, 2.05) is 43.3 Å². The highest BCUT2D eigenvalue weighted by molar-refractivity contribution is 14.0. The predicted octanol–water partition coefficient (Wildman–Crippen LogP) is 3.23. The lowest BCUT2D eigenvalue weighted by Crippen LogP contribution is -2.37. The van der Waals surface area contributed by atoms with Crippen LogP contribution in [-0.4, -0.2) is 57.5 Å². The normalized spacial score (nSPS) is 14.6. The van der Waals surface area contributed by atoms with Crippen molar-refractivity contribution in [2.24, 2.45) is 10.9 Å². The first-order chi connectivity index (χ1) is 13.6. The van der Waals surface area contributed by atoms with E-state index in [-0.39, 0.29) is 29.9 Å². The average molecular weight is 515 g/mol. The number of hydrogen-bond donors (Lipinski definition) is 3. The van der Waals surface area contributed by atoms with Crippen LogP contribution < -0.4 is 16.0 Å². The van der Waals surface area contributed by atoms with Gasteiger partial charge in [-0.3, -0.25) is 9.79 Å². The molecule has 1 saturated carbocycles. The van der Waals surface area contributed by atoms with Crippen molar-refractivity contribution in [1.29, 1.82) is 0 Å². The third kappa shape index (κ3) is 10.3. The van der Waals surface area contributed by atoms with Gasteiger partial charge in [0.1, 0.15) is 0 Å². The van der Waals surface area contributed by atoms with E-state index >= 15 is 0 Å². The summed E-state index contributed by atoms with van der Waals surface area (Å²) >= 11 is 0.